The molecule has 4 atom stereocenters. The number of nitrogens with two attached hydrogens (primary N) is 2. The minimum atomic E-state index is -0.922. The summed E-state index contributed by atoms with van der Waals surface area (Å²) < 4.78 is 22.3. The molecule has 1 aromatic rings. The van der Waals surface area contributed by atoms with Crippen molar-refractivity contribution in [2.75, 3.05) is 26.6 Å². The van der Waals surface area contributed by atoms with Gasteiger partial charge in [-0.15, -0.1) is 0 Å². The molecule has 0 fully saturated rings. The lowest BCUT2D eigenvalue weighted by Gasteiger charge is -2.27. The molecule has 1 rings (SSSR count). The fourth-order valence-corrected chi connectivity index (χ4v) is 4.26. The van der Waals surface area contributed by atoms with E-state index in [4.69, 9.17) is 35.4 Å². The van der Waals surface area contributed by atoms with Gasteiger partial charge in [0.25, 0.3) is 5.91 Å². The van der Waals surface area contributed by atoms with E-state index in [1.807, 2.05) is 32.1 Å². The van der Waals surface area contributed by atoms with Crippen LogP contribution in [0.2, 0.25) is 0 Å². The minimum Gasteiger partial charge on any atom is -0.439 e. The Bertz CT molecular complexity index is 1040. The van der Waals surface area contributed by atoms with Gasteiger partial charge in [0.15, 0.2) is 6.10 Å². The van der Waals surface area contributed by atoms with E-state index in [-0.39, 0.29) is 24.7 Å². The van der Waals surface area contributed by atoms with Crippen LogP contribution in [0.15, 0.2) is 53.6 Å². The normalized spacial score (nSPS) is 15.7. The molecular formula is C30H47N3O7. The average molecular weight is 562 g/mol. The molecule has 0 heterocycles. The predicted octanol–water partition coefficient (Wildman–Crippen LogP) is 4.72. The first kappa shape index (κ1) is 35.0. The number of primary amides is 1. The van der Waals surface area contributed by atoms with Crippen molar-refractivity contribution in [1.82, 2.24) is 0 Å². The zero-order chi connectivity index (χ0) is 30.2. The molecule has 2 amide bonds. The van der Waals surface area contributed by atoms with Crippen LogP contribution in [0.5, 0.6) is 0 Å². The van der Waals surface area contributed by atoms with Gasteiger partial charge in [-0.3, -0.25) is 9.63 Å². The number of carbonyl (C=O) groups excluding carboxylic acids is 2. The number of hydrogen-bond acceptors (Lipinski definition) is 8. The van der Waals surface area contributed by atoms with Crippen molar-refractivity contribution in [3.8, 4) is 0 Å². The van der Waals surface area contributed by atoms with Crippen LogP contribution in [-0.4, -0.2) is 57.7 Å². The molecule has 0 radical (unpaired) electrons. The number of methoxy groups -OCH3 is 3. The van der Waals surface area contributed by atoms with Crippen LogP contribution in [0.3, 0.4) is 0 Å². The summed E-state index contributed by atoms with van der Waals surface area (Å²) in [7, 11) is 4.82. The van der Waals surface area contributed by atoms with E-state index in [2.05, 4.69) is 19.2 Å². The number of hydrogen-bond donors (Lipinski definition) is 3. The number of rotatable bonds is 17. The molecule has 0 aliphatic carbocycles. The maximum Gasteiger partial charge on any atom is 0.405 e. The van der Waals surface area contributed by atoms with E-state index in [0.717, 1.165) is 23.1 Å². The molecule has 224 valence electrons. The second-order valence-electron chi connectivity index (χ2n) is 10.1. The van der Waals surface area contributed by atoms with Gasteiger partial charge < -0.3 is 30.0 Å². The van der Waals surface area contributed by atoms with Crippen molar-refractivity contribution in [3.05, 3.63) is 64.8 Å². The molecule has 0 spiro atoms. The van der Waals surface area contributed by atoms with Gasteiger partial charge >= 0.3 is 6.09 Å². The largest absolute Gasteiger partial charge is 0.439 e. The number of carbonyl (C=O) groups is 2. The van der Waals surface area contributed by atoms with Gasteiger partial charge in [0.1, 0.15) is 6.10 Å². The molecule has 0 saturated heterocycles. The van der Waals surface area contributed by atoms with Crippen LogP contribution in [0, 0.1) is 12.8 Å². The lowest BCUT2D eigenvalue weighted by molar-refractivity contribution is -0.112. The molecule has 5 N–H and O–H groups in total. The van der Waals surface area contributed by atoms with Crippen molar-refractivity contribution in [3.63, 3.8) is 0 Å². The predicted molar refractivity (Wildman–Crippen MR) is 156 cm³/mol. The van der Waals surface area contributed by atoms with Crippen LogP contribution in [0.25, 0.3) is 0 Å². The fraction of sp³-hybridized carbons (Fsp3) is 0.533. The van der Waals surface area contributed by atoms with Crippen molar-refractivity contribution in [2.45, 2.75) is 78.5 Å². The van der Waals surface area contributed by atoms with Gasteiger partial charge in [0, 0.05) is 32.6 Å². The number of allylic oxidation sites excluding steroid dienone is 2. The smallest absolute Gasteiger partial charge is 0.405 e. The topological polar surface area (TPSA) is 144 Å². The zero-order valence-electron chi connectivity index (χ0n) is 25.1. The van der Waals surface area contributed by atoms with E-state index in [1.165, 1.54) is 7.11 Å². The van der Waals surface area contributed by atoms with Crippen molar-refractivity contribution >= 4 is 17.7 Å². The number of aryl methyl sites for hydroxylation is 1. The Morgan fingerprint density at radius 3 is 2.25 bits per heavy atom. The Balaban J connectivity index is 3.04. The van der Waals surface area contributed by atoms with Gasteiger partial charge in [-0.25, -0.2) is 10.7 Å². The first-order chi connectivity index (χ1) is 18.9. The van der Waals surface area contributed by atoms with Crippen molar-refractivity contribution in [1.29, 1.82) is 0 Å². The van der Waals surface area contributed by atoms with Gasteiger partial charge in [-0.05, 0) is 68.4 Å². The van der Waals surface area contributed by atoms with Gasteiger partial charge in [-0.1, -0.05) is 44.2 Å². The Morgan fingerprint density at radius 2 is 1.70 bits per heavy atom. The second-order valence-corrected chi connectivity index (χ2v) is 10.1. The quantitative estimate of drug-likeness (QED) is 0.107. The lowest BCUT2D eigenvalue weighted by Crippen LogP contribution is -2.35. The van der Waals surface area contributed by atoms with Crippen LogP contribution in [-0.2, 0) is 35.2 Å². The summed E-state index contributed by atoms with van der Waals surface area (Å²) in [6.07, 6.45) is 5.76. The molecule has 0 aliphatic heterocycles. The van der Waals surface area contributed by atoms with Crippen LogP contribution in [0.4, 0.5) is 10.5 Å². The maximum absolute atomic E-state index is 12.7. The first-order valence-corrected chi connectivity index (χ1v) is 13.2. The number of benzene rings is 1. The van der Waals surface area contributed by atoms with Crippen LogP contribution < -0.4 is 16.9 Å². The Labute approximate surface area is 238 Å². The number of amides is 2. The SMILES string of the molecule is CO[C@@H](/C=C\C=C(/C)C(=O)Nc1cc(C)cc(CON)c1)[C@@H](OC(N)=O)/C(C)=C/C[C@@H](OC)[C@H](CC(C)C)OC. The summed E-state index contributed by atoms with van der Waals surface area (Å²) >= 11 is 0. The molecular weight excluding hydrogens is 514 g/mol. The summed E-state index contributed by atoms with van der Waals surface area (Å²) in [4.78, 5) is 29.1. The zero-order valence-corrected chi connectivity index (χ0v) is 25.1. The van der Waals surface area contributed by atoms with Crippen LogP contribution in [0.1, 0.15) is 51.7 Å². The monoisotopic (exact) mass is 561 g/mol. The molecule has 0 aliphatic rings. The molecule has 0 bridgehead atoms. The maximum atomic E-state index is 12.7. The third kappa shape index (κ3) is 12.4. The summed E-state index contributed by atoms with van der Waals surface area (Å²) in [5, 5.41) is 2.87. The number of nitrogens with one attached hydrogen (secondary N) is 1. The molecule has 10 nitrogen and oxygen atoms in total. The highest BCUT2D eigenvalue weighted by Gasteiger charge is 2.26. The third-order valence-electron chi connectivity index (χ3n) is 6.31. The Kier molecular flexibility index (Phi) is 16.1. The third-order valence-corrected chi connectivity index (χ3v) is 6.31. The van der Waals surface area contributed by atoms with E-state index >= 15 is 0 Å². The standard InChI is InChI=1S/C30H47N3O7/c1-19(2)14-27(38-8)25(36-6)13-12-21(4)28(40-30(31)35)26(37-7)11-9-10-22(5)29(34)33-24-16-20(3)15-23(17-24)18-39-32/h9-12,15-17,19,25-28H,13-14,18,32H2,1-8H3,(H2,31,35)(H,33,34)/b11-9-,21-12+,22-10+/t25-,26+,27+,28+/m1/s1. The average Bonchev–Trinajstić information content (AvgIpc) is 2.88. The lowest BCUT2D eigenvalue weighted by atomic mass is 9.97. The minimum absolute atomic E-state index is 0.0812. The van der Waals surface area contributed by atoms with E-state index in [1.54, 1.807) is 45.4 Å². The molecule has 40 heavy (non-hydrogen) atoms. The van der Waals surface area contributed by atoms with E-state index in [9.17, 15) is 9.59 Å². The summed E-state index contributed by atoms with van der Waals surface area (Å²) in [6.45, 7) is 9.94. The molecule has 1 aromatic carbocycles. The van der Waals surface area contributed by atoms with E-state index < -0.39 is 18.3 Å². The van der Waals surface area contributed by atoms with Gasteiger partial charge in [-0.2, -0.15) is 0 Å². The van der Waals surface area contributed by atoms with Gasteiger partial charge in [0.2, 0.25) is 0 Å². The Morgan fingerprint density at radius 1 is 1.02 bits per heavy atom. The highest BCUT2D eigenvalue weighted by Crippen LogP contribution is 2.21. The van der Waals surface area contributed by atoms with Gasteiger partial charge in [0.05, 0.1) is 18.8 Å². The molecule has 0 unspecified atom stereocenters. The fourth-order valence-electron chi connectivity index (χ4n) is 4.26. The molecule has 0 saturated carbocycles. The number of anilines is 1. The second kappa shape index (κ2) is 18.4. The van der Waals surface area contributed by atoms with E-state index in [0.29, 0.717) is 23.6 Å². The highest BCUT2D eigenvalue weighted by atomic mass is 16.6. The summed E-state index contributed by atoms with van der Waals surface area (Å²) in [5.74, 6) is 5.35. The first-order valence-electron chi connectivity index (χ1n) is 13.2. The highest BCUT2D eigenvalue weighted by molar-refractivity contribution is 6.03. The van der Waals surface area contributed by atoms with Crippen molar-refractivity contribution in [2.24, 2.45) is 17.5 Å². The number of ether oxygens (including phenoxy) is 4. The summed E-state index contributed by atoms with van der Waals surface area (Å²) in [6, 6.07) is 5.58. The van der Waals surface area contributed by atoms with Crippen molar-refractivity contribution < 1.29 is 33.4 Å². The molecule has 10 heteroatoms. The van der Waals surface area contributed by atoms with Crippen LogP contribution >= 0.6 is 0 Å². The summed E-state index contributed by atoms with van der Waals surface area (Å²) in [5.41, 5.74) is 9.02. The molecule has 0 aromatic heterocycles. The Hall–Kier alpha value is -3.02.